The monoisotopic (exact) mass is 404 g/mol. The molecule has 2 heterocycles. The minimum Gasteiger partial charge on any atom is -0.459 e. The maximum atomic E-state index is 12.9. The number of hydrogen-bond acceptors (Lipinski definition) is 4. The van der Waals surface area contributed by atoms with Crippen LogP contribution in [0.25, 0.3) is 16.5 Å². The summed E-state index contributed by atoms with van der Waals surface area (Å²) in [5.74, 6) is -0.0219. The first-order valence-corrected chi connectivity index (χ1v) is 10.0. The Morgan fingerprint density at radius 1 is 1.07 bits per heavy atom. The predicted molar refractivity (Wildman–Crippen MR) is 115 cm³/mol. The van der Waals surface area contributed by atoms with Crippen LogP contribution < -0.4 is 4.74 Å². The highest BCUT2D eigenvalue weighted by molar-refractivity contribution is 6.18. The van der Waals surface area contributed by atoms with Crippen LogP contribution >= 0.6 is 0 Å². The molecule has 1 amide bonds. The van der Waals surface area contributed by atoms with Crippen molar-refractivity contribution in [3.63, 3.8) is 0 Å². The summed E-state index contributed by atoms with van der Waals surface area (Å²) in [4.78, 5) is 30.5. The zero-order chi connectivity index (χ0) is 21.3. The SMILES string of the molecule is Cc1ccc(OC(=O)N2C=C(C(=O)OC(C)C)c3[nH]c4ccccc4c3CC2)cc1. The molecule has 0 radical (unpaired) electrons. The molecule has 4 rings (SSSR count). The van der Waals surface area contributed by atoms with Crippen LogP contribution in [0.5, 0.6) is 5.75 Å². The number of nitrogens with zero attached hydrogens (tertiary/aromatic N) is 1. The summed E-state index contributed by atoms with van der Waals surface area (Å²) in [6, 6.07) is 15.1. The Bertz CT molecular complexity index is 1130. The molecule has 30 heavy (non-hydrogen) atoms. The van der Waals surface area contributed by atoms with Gasteiger partial charge >= 0.3 is 12.1 Å². The molecule has 0 atom stereocenters. The molecule has 1 aliphatic rings. The molecule has 0 unspecified atom stereocenters. The molecule has 0 spiro atoms. The number of amides is 1. The molecule has 0 bridgehead atoms. The number of H-pyrrole nitrogens is 1. The molecule has 6 nitrogen and oxygen atoms in total. The van der Waals surface area contributed by atoms with Crippen LogP contribution in [0.2, 0.25) is 0 Å². The highest BCUT2D eigenvalue weighted by Crippen LogP contribution is 2.31. The van der Waals surface area contributed by atoms with Crippen molar-refractivity contribution in [1.82, 2.24) is 9.88 Å². The van der Waals surface area contributed by atoms with Gasteiger partial charge in [0.15, 0.2) is 0 Å². The van der Waals surface area contributed by atoms with Gasteiger partial charge in [-0.2, -0.15) is 0 Å². The molecular formula is C24H24N2O4. The number of nitrogens with one attached hydrogen (secondary N) is 1. The van der Waals surface area contributed by atoms with E-state index in [-0.39, 0.29) is 6.10 Å². The van der Waals surface area contributed by atoms with Crippen molar-refractivity contribution >= 4 is 28.5 Å². The number of aryl methyl sites for hydroxylation is 1. The van der Waals surface area contributed by atoms with Gasteiger partial charge < -0.3 is 14.5 Å². The van der Waals surface area contributed by atoms with Crippen molar-refractivity contribution < 1.29 is 19.1 Å². The van der Waals surface area contributed by atoms with E-state index in [1.165, 1.54) is 11.1 Å². The third-order valence-electron chi connectivity index (χ3n) is 4.99. The zero-order valence-electron chi connectivity index (χ0n) is 17.3. The first kappa shape index (κ1) is 19.8. The summed E-state index contributed by atoms with van der Waals surface area (Å²) in [6.45, 7) is 5.95. The minimum absolute atomic E-state index is 0.276. The number of esters is 1. The number of carbonyl (C=O) groups excluding carboxylic acids is 2. The molecule has 6 heteroatoms. The number of fused-ring (bicyclic) bond motifs is 3. The molecule has 2 aromatic carbocycles. The number of carbonyl (C=O) groups is 2. The third kappa shape index (κ3) is 3.94. The highest BCUT2D eigenvalue weighted by atomic mass is 16.6. The molecule has 1 aliphatic heterocycles. The second-order valence-corrected chi connectivity index (χ2v) is 7.65. The Balaban J connectivity index is 1.70. The van der Waals surface area contributed by atoms with E-state index in [9.17, 15) is 9.59 Å². The topological polar surface area (TPSA) is 71.6 Å². The number of ether oxygens (including phenoxy) is 2. The molecule has 0 saturated carbocycles. The van der Waals surface area contributed by atoms with Gasteiger partial charge in [0.05, 0.1) is 17.4 Å². The Morgan fingerprint density at radius 2 is 1.80 bits per heavy atom. The van der Waals surface area contributed by atoms with Crippen LogP contribution in [-0.2, 0) is 16.0 Å². The van der Waals surface area contributed by atoms with Crippen molar-refractivity contribution in [2.24, 2.45) is 0 Å². The lowest BCUT2D eigenvalue weighted by Crippen LogP contribution is -2.30. The number of aromatic nitrogens is 1. The van der Waals surface area contributed by atoms with Crippen molar-refractivity contribution in [2.75, 3.05) is 6.54 Å². The number of para-hydroxylation sites is 1. The summed E-state index contributed by atoms with van der Waals surface area (Å²) >= 11 is 0. The van der Waals surface area contributed by atoms with Crippen molar-refractivity contribution in [3.05, 3.63) is 71.6 Å². The molecule has 0 aliphatic carbocycles. The fourth-order valence-corrected chi connectivity index (χ4v) is 3.55. The molecule has 1 aromatic heterocycles. The summed E-state index contributed by atoms with van der Waals surface area (Å²) in [5, 5.41) is 1.03. The molecular weight excluding hydrogens is 380 g/mol. The van der Waals surface area contributed by atoms with E-state index in [4.69, 9.17) is 9.47 Å². The number of hydrogen-bond donors (Lipinski definition) is 1. The van der Waals surface area contributed by atoms with E-state index in [1.54, 1.807) is 26.0 Å². The Kier molecular flexibility index (Phi) is 5.31. The normalized spacial score (nSPS) is 13.6. The van der Waals surface area contributed by atoms with Crippen molar-refractivity contribution in [1.29, 1.82) is 0 Å². The highest BCUT2D eigenvalue weighted by Gasteiger charge is 2.28. The fourth-order valence-electron chi connectivity index (χ4n) is 3.55. The van der Waals surface area contributed by atoms with Gasteiger partial charge in [-0.3, -0.25) is 4.90 Å². The number of benzene rings is 2. The van der Waals surface area contributed by atoms with Gasteiger partial charge in [0.25, 0.3) is 0 Å². The van der Waals surface area contributed by atoms with Crippen LogP contribution in [0.1, 0.15) is 30.7 Å². The Morgan fingerprint density at radius 3 is 2.53 bits per heavy atom. The largest absolute Gasteiger partial charge is 0.459 e. The first-order valence-electron chi connectivity index (χ1n) is 10.0. The van der Waals surface area contributed by atoms with Crippen LogP contribution in [-0.4, -0.2) is 34.6 Å². The van der Waals surface area contributed by atoms with E-state index in [0.717, 1.165) is 22.0 Å². The number of aromatic amines is 1. The second-order valence-electron chi connectivity index (χ2n) is 7.65. The molecule has 154 valence electrons. The minimum atomic E-state index is -0.539. The average Bonchev–Trinajstić information content (AvgIpc) is 2.96. The molecule has 3 aromatic rings. The lowest BCUT2D eigenvalue weighted by molar-refractivity contribution is -0.140. The van der Waals surface area contributed by atoms with E-state index < -0.39 is 12.1 Å². The summed E-state index contributed by atoms with van der Waals surface area (Å²) in [6.07, 6.45) is 1.30. The van der Waals surface area contributed by atoms with Gasteiger partial charge in [-0.05, 0) is 51.0 Å². The van der Waals surface area contributed by atoms with Gasteiger partial charge in [0.1, 0.15) is 5.75 Å². The van der Waals surface area contributed by atoms with Gasteiger partial charge in [-0.25, -0.2) is 9.59 Å². The maximum Gasteiger partial charge on any atom is 0.419 e. The first-order chi connectivity index (χ1) is 14.4. The third-order valence-corrected chi connectivity index (χ3v) is 4.99. The number of rotatable bonds is 3. The smallest absolute Gasteiger partial charge is 0.419 e. The molecule has 0 fully saturated rings. The quantitative estimate of drug-likeness (QED) is 0.635. The van der Waals surface area contributed by atoms with E-state index in [0.29, 0.717) is 30.0 Å². The second kappa shape index (κ2) is 8.06. The average molecular weight is 404 g/mol. The lowest BCUT2D eigenvalue weighted by Gasteiger charge is -2.17. The summed E-state index contributed by atoms with van der Waals surface area (Å²) in [5.41, 5.74) is 4.01. The van der Waals surface area contributed by atoms with Crippen LogP contribution in [0.4, 0.5) is 4.79 Å². The zero-order valence-corrected chi connectivity index (χ0v) is 17.3. The van der Waals surface area contributed by atoms with E-state index in [2.05, 4.69) is 4.98 Å². The standard InChI is InChI=1S/C24H24N2O4/c1-15(2)29-23(27)20-14-26(24(28)30-17-10-8-16(3)9-11-17)13-12-19-18-6-4-5-7-21(18)25-22(19)20/h4-11,14-15,25H,12-13H2,1-3H3. The molecule has 1 N–H and O–H groups in total. The van der Waals surface area contributed by atoms with Gasteiger partial charge in [0, 0.05) is 23.6 Å². The Labute approximate surface area is 175 Å². The fraction of sp³-hybridized carbons (Fsp3) is 0.250. The van der Waals surface area contributed by atoms with Crippen LogP contribution in [0, 0.1) is 6.92 Å². The lowest BCUT2D eigenvalue weighted by atomic mass is 10.0. The van der Waals surface area contributed by atoms with Crippen LogP contribution in [0.3, 0.4) is 0 Å². The summed E-state index contributed by atoms with van der Waals surface area (Å²) in [7, 11) is 0. The van der Waals surface area contributed by atoms with Crippen molar-refractivity contribution in [3.8, 4) is 5.75 Å². The van der Waals surface area contributed by atoms with Crippen LogP contribution in [0.15, 0.2) is 54.7 Å². The van der Waals surface area contributed by atoms with Gasteiger partial charge in [0.2, 0.25) is 0 Å². The summed E-state index contributed by atoms with van der Waals surface area (Å²) < 4.78 is 11.0. The van der Waals surface area contributed by atoms with E-state index >= 15 is 0 Å². The van der Waals surface area contributed by atoms with Gasteiger partial charge in [-0.15, -0.1) is 0 Å². The van der Waals surface area contributed by atoms with Crippen molar-refractivity contribution in [2.45, 2.75) is 33.3 Å². The Hall–Kier alpha value is -3.54. The maximum absolute atomic E-state index is 12.9. The van der Waals surface area contributed by atoms with E-state index in [1.807, 2.05) is 43.3 Å². The predicted octanol–water partition coefficient (Wildman–Crippen LogP) is 4.83. The van der Waals surface area contributed by atoms with Gasteiger partial charge in [-0.1, -0.05) is 35.9 Å². The molecule has 0 saturated heterocycles.